The van der Waals surface area contributed by atoms with Crippen molar-refractivity contribution in [3.63, 3.8) is 0 Å². The zero-order valence-corrected chi connectivity index (χ0v) is 17.4. The lowest BCUT2D eigenvalue weighted by Gasteiger charge is -2.18. The molecule has 0 aliphatic carbocycles. The van der Waals surface area contributed by atoms with Crippen LogP contribution in [0.2, 0.25) is 10.0 Å². The van der Waals surface area contributed by atoms with Crippen molar-refractivity contribution in [1.82, 2.24) is 5.32 Å². The number of halogens is 2. The topological polar surface area (TPSA) is 30.5 Å². The van der Waals surface area contributed by atoms with E-state index in [1.54, 1.807) is 13.2 Å². The normalized spacial score (nSPS) is 11.9. The molecule has 0 aliphatic heterocycles. The minimum atomic E-state index is 0.218. The highest BCUT2D eigenvalue weighted by molar-refractivity contribution is 6.42. The van der Waals surface area contributed by atoms with Crippen molar-refractivity contribution < 1.29 is 9.47 Å². The van der Waals surface area contributed by atoms with Crippen LogP contribution >= 0.6 is 23.2 Å². The van der Waals surface area contributed by atoms with Gasteiger partial charge in [0.15, 0.2) is 11.5 Å². The second kappa shape index (κ2) is 9.83. The van der Waals surface area contributed by atoms with Gasteiger partial charge >= 0.3 is 0 Å². The fourth-order valence-corrected chi connectivity index (χ4v) is 3.25. The Morgan fingerprint density at radius 3 is 2.43 bits per heavy atom. The molecule has 28 heavy (non-hydrogen) atoms. The van der Waals surface area contributed by atoms with Crippen molar-refractivity contribution in [3.05, 3.63) is 93.5 Å². The van der Waals surface area contributed by atoms with E-state index >= 15 is 0 Å². The van der Waals surface area contributed by atoms with Gasteiger partial charge in [-0.15, -0.1) is 0 Å². The van der Waals surface area contributed by atoms with E-state index in [9.17, 15) is 0 Å². The molecule has 0 aliphatic rings. The summed E-state index contributed by atoms with van der Waals surface area (Å²) in [7, 11) is 1.64. The maximum atomic E-state index is 6.11. The lowest BCUT2D eigenvalue weighted by molar-refractivity contribution is 0.280. The van der Waals surface area contributed by atoms with E-state index in [0.29, 0.717) is 28.9 Å². The smallest absolute Gasteiger partial charge is 0.166 e. The Labute approximate surface area is 176 Å². The molecule has 0 saturated carbocycles. The largest absolute Gasteiger partial charge is 0.493 e. The Kier molecular flexibility index (Phi) is 7.21. The summed E-state index contributed by atoms with van der Waals surface area (Å²) in [5, 5.41) is 4.59. The molecule has 0 fully saturated rings. The van der Waals surface area contributed by atoms with Crippen LogP contribution in [0.15, 0.2) is 66.7 Å². The van der Waals surface area contributed by atoms with E-state index in [-0.39, 0.29) is 6.04 Å². The molecule has 3 aromatic rings. The zero-order chi connectivity index (χ0) is 19.9. The van der Waals surface area contributed by atoms with Gasteiger partial charge in [-0.25, -0.2) is 0 Å². The quantitative estimate of drug-likeness (QED) is 0.459. The summed E-state index contributed by atoms with van der Waals surface area (Å²) in [6, 6.07) is 22.0. The molecule has 1 unspecified atom stereocenters. The fraction of sp³-hybridized carbons (Fsp3) is 0.217. The Bertz CT molecular complexity index is 916. The van der Waals surface area contributed by atoms with Gasteiger partial charge in [0.25, 0.3) is 0 Å². The summed E-state index contributed by atoms with van der Waals surface area (Å²) < 4.78 is 11.6. The van der Waals surface area contributed by atoms with Crippen LogP contribution in [0.25, 0.3) is 0 Å². The maximum Gasteiger partial charge on any atom is 0.166 e. The Hall–Kier alpha value is -2.20. The zero-order valence-electron chi connectivity index (χ0n) is 15.9. The average molecular weight is 416 g/mol. The molecule has 1 atom stereocenters. The third-order valence-corrected chi connectivity index (χ3v) is 5.28. The van der Waals surface area contributed by atoms with E-state index in [4.69, 9.17) is 32.7 Å². The van der Waals surface area contributed by atoms with Crippen LogP contribution in [0.4, 0.5) is 0 Å². The van der Waals surface area contributed by atoms with Gasteiger partial charge in [0.05, 0.1) is 17.2 Å². The highest BCUT2D eigenvalue weighted by Crippen LogP contribution is 2.33. The first-order valence-electron chi connectivity index (χ1n) is 9.09. The predicted octanol–water partition coefficient (Wildman–Crippen LogP) is 6.43. The number of hydrogen-bond acceptors (Lipinski definition) is 3. The van der Waals surface area contributed by atoms with E-state index < -0.39 is 0 Å². The molecule has 3 nitrogen and oxygen atoms in total. The average Bonchev–Trinajstić information content (AvgIpc) is 2.73. The Balaban J connectivity index is 1.73. The minimum absolute atomic E-state index is 0.218. The lowest BCUT2D eigenvalue weighted by atomic mass is 10.1. The van der Waals surface area contributed by atoms with Crippen LogP contribution in [0.3, 0.4) is 0 Å². The van der Waals surface area contributed by atoms with Crippen LogP contribution in [0.5, 0.6) is 11.5 Å². The molecule has 0 radical (unpaired) electrons. The first-order chi connectivity index (χ1) is 13.6. The molecule has 0 amide bonds. The summed E-state index contributed by atoms with van der Waals surface area (Å²) in [4.78, 5) is 0. The number of methoxy groups -OCH3 is 1. The third-order valence-electron chi connectivity index (χ3n) is 4.55. The van der Waals surface area contributed by atoms with Crippen LogP contribution in [0, 0.1) is 0 Å². The standard InChI is InChI=1S/C23H23Cl2NO2/c1-16(18-7-4-3-5-8-18)26-14-19-9-6-10-22(27-2)23(19)28-15-17-11-12-20(24)21(25)13-17/h3-13,16,26H,14-15H2,1-2H3. The SMILES string of the molecule is COc1cccc(CNC(C)c2ccccc2)c1OCc1ccc(Cl)c(Cl)c1. The summed E-state index contributed by atoms with van der Waals surface area (Å²) in [6.45, 7) is 3.17. The molecule has 1 N–H and O–H groups in total. The van der Waals surface area contributed by atoms with Gasteiger partial charge in [-0.05, 0) is 36.2 Å². The van der Waals surface area contributed by atoms with E-state index in [1.807, 2.05) is 48.5 Å². The fourth-order valence-electron chi connectivity index (χ4n) is 2.93. The summed E-state index contributed by atoms with van der Waals surface area (Å²) in [5.74, 6) is 1.43. The van der Waals surface area contributed by atoms with Crippen molar-refractivity contribution >= 4 is 23.2 Å². The first-order valence-corrected chi connectivity index (χ1v) is 9.85. The van der Waals surface area contributed by atoms with E-state index in [1.165, 1.54) is 5.56 Å². The number of para-hydroxylation sites is 1. The van der Waals surface area contributed by atoms with Crippen molar-refractivity contribution in [1.29, 1.82) is 0 Å². The van der Waals surface area contributed by atoms with Crippen molar-refractivity contribution in [3.8, 4) is 11.5 Å². The van der Waals surface area contributed by atoms with Gasteiger partial charge in [0.2, 0.25) is 0 Å². The monoisotopic (exact) mass is 415 g/mol. The second-order valence-electron chi connectivity index (χ2n) is 6.50. The minimum Gasteiger partial charge on any atom is -0.493 e. The number of nitrogens with one attached hydrogen (secondary N) is 1. The van der Waals surface area contributed by atoms with Crippen molar-refractivity contribution in [2.45, 2.75) is 26.1 Å². The molecule has 0 aromatic heterocycles. The van der Waals surface area contributed by atoms with E-state index in [2.05, 4.69) is 24.4 Å². The van der Waals surface area contributed by atoms with Gasteiger partial charge in [0.1, 0.15) is 6.61 Å². The van der Waals surface area contributed by atoms with Crippen molar-refractivity contribution in [2.24, 2.45) is 0 Å². The van der Waals surface area contributed by atoms with Gasteiger partial charge in [-0.1, -0.05) is 71.7 Å². The van der Waals surface area contributed by atoms with Crippen molar-refractivity contribution in [2.75, 3.05) is 7.11 Å². The number of rotatable bonds is 8. The van der Waals surface area contributed by atoms with Gasteiger partial charge in [-0.3, -0.25) is 0 Å². The molecule has 3 aromatic carbocycles. The molecule has 146 valence electrons. The molecule has 0 saturated heterocycles. The summed E-state index contributed by atoms with van der Waals surface area (Å²) >= 11 is 12.1. The lowest BCUT2D eigenvalue weighted by Crippen LogP contribution is -2.18. The molecule has 5 heteroatoms. The highest BCUT2D eigenvalue weighted by Gasteiger charge is 2.13. The molecular formula is C23H23Cl2NO2. The second-order valence-corrected chi connectivity index (χ2v) is 7.31. The molecule has 3 rings (SSSR count). The first kappa shape index (κ1) is 20.5. The van der Waals surface area contributed by atoms with Gasteiger partial charge in [0, 0.05) is 18.2 Å². The summed E-state index contributed by atoms with van der Waals surface area (Å²) in [5.41, 5.74) is 3.21. The van der Waals surface area contributed by atoms with Gasteiger partial charge < -0.3 is 14.8 Å². The third kappa shape index (κ3) is 5.20. The van der Waals surface area contributed by atoms with E-state index in [0.717, 1.165) is 16.9 Å². The predicted molar refractivity (Wildman–Crippen MR) is 115 cm³/mol. The van der Waals surface area contributed by atoms with Crippen LogP contribution in [-0.4, -0.2) is 7.11 Å². The van der Waals surface area contributed by atoms with Crippen LogP contribution in [0.1, 0.15) is 29.7 Å². The summed E-state index contributed by atoms with van der Waals surface area (Å²) in [6.07, 6.45) is 0. The van der Waals surface area contributed by atoms with Gasteiger partial charge in [-0.2, -0.15) is 0 Å². The van der Waals surface area contributed by atoms with Crippen LogP contribution in [-0.2, 0) is 13.2 Å². The Morgan fingerprint density at radius 2 is 1.71 bits per heavy atom. The highest BCUT2D eigenvalue weighted by atomic mass is 35.5. The van der Waals surface area contributed by atoms with Crippen LogP contribution < -0.4 is 14.8 Å². The molecule has 0 spiro atoms. The number of ether oxygens (including phenoxy) is 2. The number of hydrogen-bond donors (Lipinski definition) is 1. The molecule has 0 heterocycles. The Morgan fingerprint density at radius 1 is 0.929 bits per heavy atom. The number of benzene rings is 3. The maximum absolute atomic E-state index is 6.11. The molecular weight excluding hydrogens is 393 g/mol. The molecule has 0 bridgehead atoms.